The molecule has 0 radical (unpaired) electrons. The standard InChI is InChI=1S/C12H14ClN3OS/c1-3-8-4-5-9(18-8)6-14-12-10(17-2)11(13)15-7-16-12/h4-5,7H,3,6H2,1-2H3,(H,14,15,16). The summed E-state index contributed by atoms with van der Waals surface area (Å²) in [5, 5.41) is 3.52. The van der Waals surface area contributed by atoms with Gasteiger partial charge in [-0.05, 0) is 18.6 Å². The number of ether oxygens (including phenoxy) is 1. The molecule has 18 heavy (non-hydrogen) atoms. The van der Waals surface area contributed by atoms with Crippen molar-refractivity contribution in [1.29, 1.82) is 0 Å². The maximum absolute atomic E-state index is 5.92. The summed E-state index contributed by atoms with van der Waals surface area (Å²) in [4.78, 5) is 10.6. The fourth-order valence-corrected chi connectivity index (χ4v) is 2.65. The molecule has 0 aliphatic heterocycles. The molecule has 0 unspecified atom stereocenters. The maximum Gasteiger partial charge on any atom is 0.198 e. The highest BCUT2D eigenvalue weighted by Gasteiger charge is 2.10. The van der Waals surface area contributed by atoms with Crippen LogP contribution < -0.4 is 10.1 Å². The minimum atomic E-state index is 0.315. The molecule has 4 nitrogen and oxygen atoms in total. The monoisotopic (exact) mass is 283 g/mol. The van der Waals surface area contributed by atoms with Crippen molar-refractivity contribution in [2.45, 2.75) is 19.9 Å². The molecule has 0 fully saturated rings. The molecule has 0 spiro atoms. The molecule has 2 rings (SSSR count). The first kappa shape index (κ1) is 13.1. The molecule has 1 N–H and O–H groups in total. The van der Waals surface area contributed by atoms with Gasteiger partial charge in [-0.1, -0.05) is 18.5 Å². The minimum Gasteiger partial charge on any atom is -0.490 e. The first-order chi connectivity index (χ1) is 8.74. The average molecular weight is 284 g/mol. The van der Waals surface area contributed by atoms with Crippen molar-refractivity contribution in [3.8, 4) is 5.75 Å². The van der Waals surface area contributed by atoms with E-state index in [-0.39, 0.29) is 0 Å². The number of aryl methyl sites for hydroxylation is 1. The summed E-state index contributed by atoms with van der Waals surface area (Å²) in [5.74, 6) is 1.09. The van der Waals surface area contributed by atoms with E-state index in [1.165, 1.54) is 16.1 Å². The zero-order valence-corrected chi connectivity index (χ0v) is 11.8. The third-order valence-electron chi connectivity index (χ3n) is 2.46. The topological polar surface area (TPSA) is 47.0 Å². The second-order valence-electron chi connectivity index (χ2n) is 3.62. The van der Waals surface area contributed by atoms with Gasteiger partial charge in [-0.25, -0.2) is 9.97 Å². The molecule has 0 saturated heterocycles. The molecule has 2 heterocycles. The Morgan fingerprint density at radius 2 is 2.11 bits per heavy atom. The van der Waals surface area contributed by atoms with Crippen LogP contribution in [-0.4, -0.2) is 17.1 Å². The van der Waals surface area contributed by atoms with Crippen molar-refractivity contribution in [1.82, 2.24) is 9.97 Å². The van der Waals surface area contributed by atoms with Gasteiger partial charge in [0.05, 0.1) is 13.7 Å². The van der Waals surface area contributed by atoms with E-state index in [4.69, 9.17) is 16.3 Å². The Morgan fingerprint density at radius 1 is 1.33 bits per heavy atom. The Morgan fingerprint density at radius 3 is 2.78 bits per heavy atom. The Balaban J connectivity index is 2.08. The molecule has 0 aliphatic carbocycles. The van der Waals surface area contributed by atoms with Gasteiger partial charge in [0.2, 0.25) is 0 Å². The first-order valence-electron chi connectivity index (χ1n) is 5.60. The molecule has 0 aliphatic rings. The number of halogens is 1. The SMILES string of the molecule is CCc1ccc(CNc2ncnc(Cl)c2OC)s1. The molecular formula is C12H14ClN3OS. The van der Waals surface area contributed by atoms with Gasteiger partial charge in [-0.3, -0.25) is 0 Å². The highest BCUT2D eigenvalue weighted by molar-refractivity contribution is 7.12. The van der Waals surface area contributed by atoms with Crippen LogP contribution >= 0.6 is 22.9 Å². The smallest absolute Gasteiger partial charge is 0.198 e. The average Bonchev–Trinajstić information content (AvgIpc) is 2.84. The largest absolute Gasteiger partial charge is 0.490 e. The maximum atomic E-state index is 5.92. The van der Waals surface area contributed by atoms with Gasteiger partial charge in [0, 0.05) is 9.75 Å². The summed E-state index contributed by atoms with van der Waals surface area (Å²) in [7, 11) is 1.55. The predicted octanol–water partition coefficient (Wildman–Crippen LogP) is 3.37. The molecule has 6 heteroatoms. The number of hydrogen-bond donors (Lipinski definition) is 1. The Labute approximate surface area is 115 Å². The van der Waals surface area contributed by atoms with E-state index in [0.29, 0.717) is 23.3 Å². The lowest BCUT2D eigenvalue weighted by atomic mass is 10.3. The van der Waals surface area contributed by atoms with Crippen LogP contribution in [0, 0.1) is 0 Å². The second kappa shape index (κ2) is 6.02. The summed E-state index contributed by atoms with van der Waals surface area (Å²) in [6.45, 7) is 2.85. The van der Waals surface area contributed by atoms with E-state index in [1.54, 1.807) is 18.4 Å². The van der Waals surface area contributed by atoms with Gasteiger partial charge in [-0.15, -0.1) is 11.3 Å². The number of aromatic nitrogens is 2. The zero-order valence-electron chi connectivity index (χ0n) is 10.2. The summed E-state index contributed by atoms with van der Waals surface area (Å²) in [6, 6.07) is 4.26. The van der Waals surface area contributed by atoms with Gasteiger partial charge in [0.15, 0.2) is 16.7 Å². The van der Waals surface area contributed by atoms with Gasteiger partial charge in [0.1, 0.15) is 6.33 Å². The van der Waals surface area contributed by atoms with Gasteiger partial charge in [0.25, 0.3) is 0 Å². The van der Waals surface area contributed by atoms with Crippen LogP contribution in [0.5, 0.6) is 5.75 Å². The Kier molecular flexibility index (Phi) is 4.38. The van der Waals surface area contributed by atoms with Crippen molar-refractivity contribution in [3.63, 3.8) is 0 Å². The summed E-state index contributed by atoms with van der Waals surface area (Å²) >= 11 is 7.71. The number of methoxy groups -OCH3 is 1. The molecule has 0 bridgehead atoms. The number of nitrogens with one attached hydrogen (secondary N) is 1. The van der Waals surface area contributed by atoms with Crippen LogP contribution in [-0.2, 0) is 13.0 Å². The normalized spacial score (nSPS) is 10.4. The number of hydrogen-bond acceptors (Lipinski definition) is 5. The van der Waals surface area contributed by atoms with E-state index < -0.39 is 0 Å². The lowest BCUT2D eigenvalue weighted by molar-refractivity contribution is 0.413. The number of nitrogens with zero attached hydrogens (tertiary/aromatic N) is 2. The lowest BCUT2D eigenvalue weighted by Gasteiger charge is -2.09. The molecule has 0 amide bonds. The van der Waals surface area contributed by atoms with Crippen molar-refractivity contribution in [2.75, 3.05) is 12.4 Å². The molecule has 0 atom stereocenters. The van der Waals surface area contributed by atoms with Gasteiger partial charge in [-0.2, -0.15) is 0 Å². The number of anilines is 1. The molecular weight excluding hydrogens is 270 g/mol. The quantitative estimate of drug-likeness (QED) is 0.855. The number of rotatable bonds is 5. The van der Waals surface area contributed by atoms with Crippen LogP contribution in [0.25, 0.3) is 0 Å². The van der Waals surface area contributed by atoms with E-state index in [0.717, 1.165) is 6.42 Å². The third-order valence-corrected chi connectivity index (χ3v) is 3.96. The van der Waals surface area contributed by atoms with Crippen molar-refractivity contribution in [2.24, 2.45) is 0 Å². The summed E-state index contributed by atoms with van der Waals surface area (Å²) in [5.41, 5.74) is 0. The van der Waals surface area contributed by atoms with Gasteiger partial charge >= 0.3 is 0 Å². The van der Waals surface area contributed by atoms with Crippen LogP contribution in [0.15, 0.2) is 18.5 Å². The van der Waals surface area contributed by atoms with Crippen molar-refractivity contribution >= 4 is 28.8 Å². The number of thiophene rings is 1. The molecule has 2 aromatic rings. The van der Waals surface area contributed by atoms with E-state index >= 15 is 0 Å². The predicted molar refractivity (Wildman–Crippen MR) is 74.6 cm³/mol. The van der Waals surface area contributed by atoms with E-state index in [2.05, 4.69) is 34.3 Å². The van der Waals surface area contributed by atoms with E-state index in [9.17, 15) is 0 Å². The first-order valence-corrected chi connectivity index (χ1v) is 6.80. The molecule has 2 aromatic heterocycles. The molecule has 0 aromatic carbocycles. The Hall–Kier alpha value is -1.33. The third kappa shape index (κ3) is 2.91. The highest BCUT2D eigenvalue weighted by Crippen LogP contribution is 2.29. The van der Waals surface area contributed by atoms with Crippen LogP contribution in [0.4, 0.5) is 5.82 Å². The Bertz CT molecular complexity index is 530. The minimum absolute atomic E-state index is 0.315. The molecule has 96 valence electrons. The van der Waals surface area contributed by atoms with Crippen LogP contribution in [0.1, 0.15) is 16.7 Å². The molecule has 0 saturated carbocycles. The fourth-order valence-electron chi connectivity index (χ4n) is 1.54. The second-order valence-corrected chi connectivity index (χ2v) is 5.23. The van der Waals surface area contributed by atoms with Crippen molar-refractivity contribution < 1.29 is 4.74 Å². The zero-order chi connectivity index (χ0) is 13.0. The van der Waals surface area contributed by atoms with Crippen LogP contribution in [0.3, 0.4) is 0 Å². The lowest BCUT2D eigenvalue weighted by Crippen LogP contribution is -2.03. The van der Waals surface area contributed by atoms with E-state index in [1.807, 2.05) is 0 Å². The van der Waals surface area contributed by atoms with Crippen molar-refractivity contribution in [3.05, 3.63) is 33.4 Å². The van der Waals surface area contributed by atoms with Gasteiger partial charge < -0.3 is 10.1 Å². The summed E-state index contributed by atoms with van der Waals surface area (Å²) in [6.07, 6.45) is 2.48. The van der Waals surface area contributed by atoms with Crippen LogP contribution in [0.2, 0.25) is 5.15 Å². The highest BCUT2D eigenvalue weighted by atomic mass is 35.5. The summed E-state index contributed by atoms with van der Waals surface area (Å²) < 4.78 is 5.17. The fraction of sp³-hybridized carbons (Fsp3) is 0.333.